The van der Waals surface area contributed by atoms with E-state index in [0.717, 1.165) is 19.0 Å². The Morgan fingerprint density at radius 3 is 2.24 bits per heavy atom. The lowest BCUT2D eigenvalue weighted by Gasteiger charge is -2.22. The maximum Gasteiger partial charge on any atom is 0.490 e. The Balaban J connectivity index is 0.000000185. The van der Waals surface area contributed by atoms with Gasteiger partial charge in [0, 0.05) is 20.0 Å². The number of carboxylic acids is 1. The van der Waals surface area contributed by atoms with Crippen molar-refractivity contribution in [2.24, 2.45) is 0 Å². The number of halogens is 3. The number of aryl methyl sites for hydroxylation is 1. The van der Waals surface area contributed by atoms with Gasteiger partial charge in [0.2, 0.25) is 11.8 Å². The van der Waals surface area contributed by atoms with Crippen molar-refractivity contribution in [2.45, 2.75) is 19.0 Å². The van der Waals surface area contributed by atoms with Gasteiger partial charge >= 0.3 is 12.1 Å². The molecule has 0 atom stereocenters. The average molecular weight is 253 g/mol. The molecule has 0 radical (unpaired) electrons. The molecule has 1 saturated heterocycles. The SMILES string of the molecule is Cc1nnc(C2CNC2)o1.O=C(O)C(F)(F)F. The fourth-order valence-electron chi connectivity index (χ4n) is 0.940. The largest absolute Gasteiger partial charge is 0.490 e. The van der Waals surface area contributed by atoms with Crippen LogP contribution in [0, 0.1) is 6.92 Å². The van der Waals surface area contributed by atoms with E-state index in [-0.39, 0.29) is 0 Å². The molecule has 9 heteroatoms. The van der Waals surface area contributed by atoms with Crippen molar-refractivity contribution >= 4 is 5.97 Å². The third-order valence-electron chi connectivity index (χ3n) is 1.91. The number of alkyl halides is 3. The van der Waals surface area contributed by atoms with Gasteiger partial charge in [-0.25, -0.2) is 4.79 Å². The fourth-order valence-corrected chi connectivity index (χ4v) is 0.940. The minimum atomic E-state index is -5.08. The molecule has 96 valence electrons. The Kier molecular flexibility index (Phi) is 4.05. The van der Waals surface area contributed by atoms with Crippen LogP contribution < -0.4 is 5.32 Å². The molecule has 1 aromatic rings. The average Bonchev–Trinajstić information content (AvgIpc) is 2.48. The van der Waals surface area contributed by atoms with E-state index in [1.54, 1.807) is 0 Å². The number of carboxylic acid groups (broad SMARTS) is 1. The number of nitrogens with one attached hydrogen (secondary N) is 1. The molecular formula is C8H10F3N3O3. The Bertz CT molecular complexity index is 387. The first-order chi connectivity index (χ1) is 7.80. The van der Waals surface area contributed by atoms with Crippen molar-refractivity contribution in [1.29, 1.82) is 0 Å². The van der Waals surface area contributed by atoms with Crippen molar-refractivity contribution in [3.8, 4) is 0 Å². The summed E-state index contributed by atoms with van der Waals surface area (Å²) in [7, 11) is 0. The van der Waals surface area contributed by atoms with Gasteiger partial charge in [0.15, 0.2) is 0 Å². The summed E-state index contributed by atoms with van der Waals surface area (Å²) in [6, 6.07) is 0. The number of hydrogen-bond acceptors (Lipinski definition) is 5. The molecular weight excluding hydrogens is 243 g/mol. The molecule has 0 unspecified atom stereocenters. The molecule has 0 bridgehead atoms. The molecule has 1 aliphatic rings. The summed E-state index contributed by atoms with van der Waals surface area (Å²) < 4.78 is 37.0. The van der Waals surface area contributed by atoms with Crippen LogP contribution in [0.1, 0.15) is 17.7 Å². The van der Waals surface area contributed by atoms with Gasteiger partial charge in [0.05, 0.1) is 5.92 Å². The molecule has 1 fully saturated rings. The lowest BCUT2D eigenvalue weighted by Crippen LogP contribution is -2.40. The van der Waals surface area contributed by atoms with Crippen molar-refractivity contribution in [3.05, 3.63) is 11.8 Å². The molecule has 0 aliphatic carbocycles. The smallest absolute Gasteiger partial charge is 0.475 e. The van der Waals surface area contributed by atoms with Crippen LogP contribution in [0.4, 0.5) is 13.2 Å². The second-order valence-corrected chi connectivity index (χ2v) is 3.32. The normalized spacial score (nSPS) is 15.8. The van der Waals surface area contributed by atoms with E-state index in [4.69, 9.17) is 14.3 Å². The quantitative estimate of drug-likeness (QED) is 0.765. The van der Waals surface area contributed by atoms with Crippen LogP contribution in [0.5, 0.6) is 0 Å². The predicted octanol–water partition coefficient (Wildman–Crippen LogP) is 0.698. The lowest BCUT2D eigenvalue weighted by molar-refractivity contribution is -0.192. The Morgan fingerprint density at radius 2 is 2.00 bits per heavy atom. The van der Waals surface area contributed by atoms with E-state index in [2.05, 4.69) is 15.5 Å². The zero-order chi connectivity index (χ0) is 13.1. The van der Waals surface area contributed by atoms with Gasteiger partial charge in [-0.1, -0.05) is 0 Å². The van der Waals surface area contributed by atoms with Crippen molar-refractivity contribution in [1.82, 2.24) is 15.5 Å². The van der Waals surface area contributed by atoms with Gasteiger partial charge in [-0.3, -0.25) is 0 Å². The number of hydrogen-bond donors (Lipinski definition) is 2. The monoisotopic (exact) mass is 253 g/mol. The predicted molar refractivity (Wildman–Crippen MR) is 48.3 cm³/mol. The lowest BCUT2D eigenvalue weighted by atomic mass is 10.0. The second-order valence-electron chi connectivity index (χ2n) is 3.32. The van der Waals surface area contributed by atoms with Crippen molar-refractivity contribution < 1.29 is 27.5 Å². The second kappa shape index (κ2) is 5.13. The zero-order valence-electron chi connectivity index (χ0n) is 8.78. The van der Waals surface area contributed by atoms with E-state index < -0.39 is 12.1 Å². The maximum absolute atomic E-state index is 10.6. The van der Waals surface area contributed by atoms with Crippen LogP contribution >= 0.6 is 0 Å². The van der Waals surface area contributed by atoms with Crippen LogP contribution in [-0.4, -0.2) is 40.5 Å². The summed E-state index contributed by atoms with van der Waals surface area (Å²) in [5, 5.41) is 17.9. The van der Waals surface area contributed by atoms with Crippen LogP contribution in [-0.2, 0) is 4.79 Å². The molecule has 0 aromatic carbocycles. The zero-order valence-corrected chi connectivity index (χ0v) is 8.78. The van der Waals surface area contributed by atoms with E-state index in [9.17, 15) is 13.2 Å². The first-order valence-electron chi connectivity index (χ1n) is 4.61. The highest BCUT2D eigenvalue weighted by molar-refractivity contribution is 5.73. The van der Waals surface area contributed by atoms with Crippen LogP contribution in [0.15, 0.2) is 4.42 Å². The summed E-state index contributed by atoms with van der Waals surface area (Å²) in [5.74, 6) is -0.869. The molecule has 6 nitrogen and oxygen atoms in total. The number of aromatic nitrogens is 2. The molecule has 2 N–H and O–H groups in total. The number of aliphatic carboxylic acids is 1. The summed E-state index contributed by atoms with van der Waals surface area (Å²) in [6.45, 7) is 3.76. The van der Waals surface area contributed by atoms with E-state index in [1.165, 1.54) is 0 Å². The van der Waals surface area contributed by atoms with Crippen molar-refractivity contribution in [2.75, 3.05) is 13.1 Å². The van der Waals surface area contributed by atoms with E-state index in [1.807, 2.05) is 6.92 Å². The Morgan fingerprint density at radius 1 is 1.47 bits per heavy atom. The molecule has 1 aromatic heterocycles. The highest BCUT2D eigenvalue weighted by Crippen LogP contribution is 2.17. The van der Waals surface area contributed by atoms with Gasteiger partial charge in [0.25, 0.3) is 0 Å². The first-order valence-corrected chi connectivity index (χ1v) is 4.61. The Hall–Kier alpha value is -1.64. The number of nitrogens with zero attached hydrogens (tertiary/aromatic N) is 2. The van der Waals surface area contributed by atoms with Gasteiger partial charge in [0.1, 0.15) is 0 Å². The standard InChI is InChI=1S/C6H9N3O.C2HF3O2/c1-4-8-9-6(10-4)5-2-7-3-5;3-2(4,5)1(6)7/h5,7H,2-3H2,1H3;(H,6,7). The van der Waals surface area contributed by atoms with E-state index >= 15 is 0 Å². The molecule has 0 saturated carbocycles. The number of carbonyl (C=O) groups is 1. The maximum atomic E-state index is 10.6. The van der Waals surface area contributed by atoms with Crippen LogP contribution in [0.2, 0.25) is 0 Å². The topological polar surface area (TPSA) is 88.3 Å². The molecule has 1 aliphatic heterocycles. The minimum Gasteiger partial charge on any atom is -0.475 e. The number of rotatable bonds is 1. The highest BCUT2D eigenvalue weighted by Gasteiger charge is 2.38. The Labute approximate surface area is 93.8 Å². The molecule has 17 heavy (non-hydrogen) atoms. The third-order valence-corrected chi connectivity index (χ3v) is 1.91. The summed E-state index contributed by atoms with van der Waals surface area (Å²) in [6.07, 6.45) is -5.08. The molecule has 0 spiro atoms. The molecule has 0 amide bonds. The summed E-state index contributed by atoms with van der Waals surface area (Å²) >= 11 is 0. The molecule has 2 rings (SSSR count). The third kappa shape index (κ3) is 4.02. The fraction of sp³-hybridized carbons (Fsp3) is 0.625. The summed E-state index contributed by atoms with van der Waals surface area (Å²) in [4.78, 5) is 8.90. The van der Waals surface area contributed by atoms with Crippen molar-refractivity contribution in [3.63, 3.8) is 0 Å². The van der Waals surface area contributed by atoms with Gasteiger partial charge < -0.3 is 14.8 Å². The minimum absolute atomic E-state index is 0.459. The van der Waals surface area contributed by atoms with Gasteiger partial charge in [-0.05, 0) is 0 Å². The first kappa shape index (κ1) is 13.4. The van der Waals surface area contributed by atoms with Gasteiger partial charge in [-0.2, -0.15) is 13.2 Å². The van der Waals surface area contributed by atoms with Crippen LogP contribution in [0.3, 0.4) is 0 Å². The van der Waals surface area contributed by atoms with E-state index in [0.29, 0.717) is 11.8 Å². The molecule has 2 heterocycles. The summed E-state index contributed by atoms with van der Waals surface area (Å²) in [5.41, 5.74) is 0. The van der Waals surface area contributed by atoms with Crippen LogP contribution in [0.25, 0.3) is 0 Å². The van der Waals surface area contributed by atoms with Gasteiger partial charge in [-0.15, -0.1) is 10.2 Å². The highest BCUT2D eigenvalue weighted by atomic mass is 19.4.